The predicted octanol–water partition coefficient (Wildman–Crippen LogP) is 18.5. The summed E-state index contributed by atoms with van der Waals surface area (Å²) in [5.41, 5.74) is 13.4. The van der Waals surface area contributed by atoms with Crippen molar-refractivity contribution in [1.82, 2.24) is 9.97 Å². The molecule has 0 bridgehead atoms. The molecule has 0 amide bonds. The van der Waals surface area contributed by atoms with Gasteiger partial charge < -0.3 is 0 Å². The smallest absolute Gasteiger partial charge is 0.0780 e. The Kier molecular flexibility index (Phi) is 19.7. The number of fused-ring (bicyclic) bond motifs is 2. The third-order valence-electron chi connectivity index (χ3n) is 12.1. The maximum atomic E-state index is 4.76. The molecule has 0 aliphatic rings. The minimum Gasteiger partial charge on any atom is -0.256 e. The molecule has 0 radical (unpaired) electrons. The zero-order valence-electron chi connectivity index (χ0n) is 42.9. The molecule has 11 rings (SSSR count). The van der Waals surface area contributed by atoms with Crippen LogP contribution in [0.2, 0.25) is 0 Å². The Labute approximate surface area is 412 Å². The van der Waals surface area contributed by atoms with Gasteiger partial charge in [-0.25, -0.2) is 0 Å². The minimum atomic E-state index is 1.01. The molecular weight excluding hydrogens is 833 g/mol. The van der Waals surface area contributed by atoms with Crippen LogP contribution in [-0.4, -0.2) is 9.97 Å². The van der Waals surface area contributed by atoms with Gasteiger partial charge in [-0.3, -0.25) is 9.97 Å². The van der Waals surface area contributed by atoms with Gasteiger partial charge in [0.2, 0.25) is 0 Å². The van der Waals surface area contributed by atoms with Crippen molar-refractivity contribution >= 4 is 67.3 Å². The van der Waals surface area contributed by atoms with Gasteiger partial charge in [-0.15, -0.1) is 0 Å². The molecule has 0 unspecified atom stereocenters. The number of hydrogen-bond donors (Lipinski definition) is 0. The number of aromatic nitrogens is 2. The van der Waals surface area contributed by atoms with Crippen LogP contribution in [0, 0.1) is 20.8 Å². The first-order valence-electron chi connectivity index (χ1n) is 24.6. The van der Waals surface area contributed by atoms with E-state index < -0.39 is 0 Å². The van der Waals surface area contributed by atoms with Crippen LogP contribution in [0.3, 0.4) is 0 Å². The highest BCUT2D eigenvalue weighted by atomic mass is 14.7. The van der Waals surface area contributed by atoms with E-state index >= 15 is 0 Å². The molecule has 2 nitrogen and oxygen atoms in total. The molecule has 0 spiro atoms. The molecule has 2 heteroatoms. The minimum absolute atomic E-state index is 1.01. The van der Waals surface area contributed by atoms with Crippen molar-refractivity contribution in [2.45, 2.75) is 76.2 Å². The van der Waals surface area contributed by atoms with Crippen LogP contribution in [0.5, 0.6) is 0 Å². The van der Waals surface area contributed by atoms with Gasteiger partial charge >= 0.3 is 0 Å². The maximum Gasteiger partial charge on any atom is 0.0780 e. The number of allylic oxidation sites excluding steroid dienone is 2. The summed E-state index contributed by atoms with van der Waals surface area (Å²) in [4.78, 5) is 9.43. The number of aryl methyl sites for hydroxylation is 2. The first-order valence-corrected chi connectivity index (χ1v) is 24.6. The topological polar surface area (TPSA) is 25.8 Å². The molecule has 0 aliphatic carbocycles. The van der Waals surface area contributed by atoms with Gasteiger partial charge in [0, 0.05) is 34.3 Å². The highest BCUT2D eigenvalue weighted by molar-refractivity contribution is 6.28. The number of hydrogen-bond acceptors (Lipinski definition) is 2. The molecule has 2 heterocycles. The standard InChI is InChI=1S/C40H24N2.C9H12.C8H8.C4H8.3C2H6/c1-5-29-7-3-23-41-39(29)32(9-1)26-13-11-25(12-14-26)31-19-15-27-18-22-35-33(20-16-28-17-21-34(31)37(27)38(28)35)36-10-2-6-30-8-4-24-42-40(30)36;1-7-5-4-6-8(2)9(7)3;1-7-5-3-4-6-8(7)2;1-3-4-2;3*1-2/h1-24H;4-6H,1-3H3;3-6H,1-2H2;3-4H,1-2H3;3*1-2H3/b;;;4-3-;;;. The van der Waals surface area contributed by atoms with E-state index in [-0.39, 0.29) is 0 Å². The van der Waals surface area contributed by atoms with Crippen LogP contribution in [0.15, 0.2) is 200 Å². The molecule has 2 aromatic heterocycles. The third kappa shape index (κ3) is 12.1. The Balaban J connectivity index is 0.000000271. The lowest BCUT2D eigenvalue weighted by Crippen LogP contribution is -2.19. The van der Waals surface area contributed by atoms with E-state index in [2.05, 4.69) is 178 Å². The second kappa shape index (κ2) is 26.0. The Morgan fingerprint density at radius 3 is 1.20 bits per heavy atom. The third-order valence-corrected chi connectivity index (χ3v) is 12.1. The van der Waals surface area contributed by atoms with Crippen molar-refractivity contribution in [3.63, 3.8) is 0 Å². The fourth-order valence-corrected chi connectivity index (χ4v) is 8.23. The molecule has 0 N–H and O–H groups in total. The van der Waals surface area contributed by atoms with Crippen molar-refractivity contribution in [1.29, 1.82) is 0 Å². The molecule has 0 saturated carbocycles. The summed E-state index contributed by atoms with van der Waals surface area (Å²) in [6, 6.07) is 62.4. The zero-order chi connectivity index (χ0) is 49.9. The lowest BCUT2D eigenvalue weighted by molar-refractivity contribution is 1.27. The fraction of sp³-hybridized carbons (Fsp3) is 0.164. The van der Waals surface area contributed by atoms with Crippen LogP contribution >= 0.6 is 0 Å². The molecule has 0 aliphatic heterocycles. The largest absolute Gasteiger partial charge is 0.256 e. The van der Waals surface area contributed by atoms with E-state index in [0.717, 1.165) is 37.8 Å². The quantitative estimate of drug-likeness (QED) is 0.130. The van der Waals surface area contributed by atoms with E-state index in [0.29, 0.717) is 0 Å². The van der Waals surface area contributed by atoms with E-state index in [4.69, 9.17) is 4.98 Å². The zero-order valence-corrected chi connectivity index (χ0v) is 42.9. The fourth-order valence-electron chi connectivity index (χ4n) is 8.23. The molecule has 69 heavy (non-hydrogen) atoms. The van der Waals surface area contributed by atoms with Gasteiger partial charge in [0.25, 0.3) is 0 Å². The summed E-state index contributed by atoms with van der Waals surface area (Å²) in [5, 5.41) is 12.0. The normalized spacial score (nSPS) is 10.3. The van der Waals surface area contributed by atoms with Crippen molar-refractivity contribution in [3.8, 4) is 33.4 Å². The van der Waals surface area contributed by atoms with Crippen molar-refractivity contribution in [3.05, 3.63) is 228 Å². The second-order valence-corrected chi connectivity index (χ2v) is 15.9. The van der Waals surface area contributed by atoms with Gasteiger partial charge in [0.1, 0.15) is 0 Å². The van der Waals surface area contributed by atoms with Crippen LogP contribution in [-0.2, 0) is 0 Å². The highest BCUT2D eigenvalue weighted by Gasteiger charge is 2.16. The lowest BCUT2D eigenvalue weighted by Gasteiger charge is -2.17. The number of pyridine rings is 2. The van der Waals surface area contributed by atoms with Gasteiger partial charge in [-0.2, -0.15) is 0 Å². The van der Waals surface area contributed by atoms with E-state index in [1.165, 1.54) is 76.8 Å². The SMILES string of the molecule is C/C=C\C.C=c1ccccc1=C.CC.CC.CC.Cc1cccc(C)c1C.c1cnc2c(-c3ccc(-c4ccc5ccc6c(-c7cccc8cccnc78)ccc7ccc4c5c76)cc3)cccc2c1. The molecule has 9 aromatic carbocycles. The summed E-state index contributed by atoms with van der Waals surface area (Å²) < 4.78 is 0. The van der Waals surface area contributed by atoms with Gasteiger partial charge in [0.05, 0.1) is 11.0 Å². The average Bonchev–Trinajstić information content (AvgIpc) is 3.42. The van der Waals surface area contributed by atoms with Crippen LogP contribution in [0.1, 0.15) is 72.1 Å². The number of nitrogens with zero attached hydrogens (tertiary/aromatic N) is 2. The Morgan fingerprint density at radius 2 is 0.739 bits per heavy atom. The number of para-hydroxylation sites is 2. The van der Waals surface area contributed by atoms with Crippen LogP contribution in [0.4, 0.5) is 0 Å². The Hall–Kier alpha value is -7.68. The molecular formula is C67H70N2. The monoisotopic (exact) mass is 903 g/mol. The first-order chi connectivity index (χ1) is 33.8. The summed E-state index contributed by atoms with van der Waals surface area (Å²) in [5.74, 6) is 0. The first kappa shape index (κ1) is 52.3. The van der Waals surface area contributed by atoms with E-state index in [9.17, 15) is 0 Å². The van der Waals surface area contributed by atoms with Crippen LogP contribution < -0.4 is 10.4 Å². The Bertz CT molecular complexity index is 3420. The predicted molar refractivity (Wildman–Crippen MR) is 309 cm³/mol. The summed E-state index contributed by atoms with van der Waals surface area (Å²) >= 11 is 0. The summed E-state index contributed by atoms with van der Waals surface area (Å²) in [6.45, 7) is 30.0. The van der Waals surface area contributed by atoms with Crippen molar-refractivity contribution in [2.75, 3.05) is 0 Å². The molecule has 0 saturated heterocycles. The van der Waals surface area contributed by atoms with Gasteiger partial charge in [0.15, 0.2) is 0 Å². The van der Waals surface area contributed by atoms with E-state index in [1.54, 1.807) is 0 Å². The van der Waals surface area contributed by atoms with Crippen molar-refractivity contribution < 1.29 is 0 Å². The Morgan fingerprint density at radius 1 is 0.348 bits per heavy atom. The van der Waals surface area contributed by atoms with Gasteiger partial charge in [-0.05, 0) is 128 Å². The van der Waals surface area contributed by atoms with Crippen LogP contribution in [0.25, 0.3) is 101 Å². The van der Waals surface area contributed by atoms with Crippen molar-refractivity contribution in [2.24, 2.45) is 0 Å². The molecule has 11 aromatic rings. The molecule has 0 atom stereocenters. The maximum absolute atomic E-state index is 4.76. The highest BCUT2D eigenvalue weighted by Crippen LogP contribution is 2.43. The number of benzene rings is 9. The average molecular weight is 903 g/mol. The number of rotatable bonds is 3. The summed E-state index contributed by atoms with van der Waals surface area (Å²) in [7, 11) is 0. The lowest BCUT2D eigenvalue weighted by atomic mass is 9.86. The molecule has 0 fully saturated rings. The van der Waals surface area contributed by atoms with E-state index in [1.807, 2.05) is 116 Å². The van der Waals surface area contributed by atoms with Gasteiger partial charge in [-0.1, -0.05) is 231 Å². The second-order valence-electron chi connectivity index (χ2n) is 15.9. The molecule has 348 valence electrons. The summed E-state index contributed by atoms with van der Waals surface area (Å²) in [6.07, 6.45) is 7.75.